The molecule has 1 aliphatic carbocycles. The van der Waals surface area contributed by atoms with Gasteiger partial charge in [0.2, 0.25) is 5.91 Å². The number of nitrogens with zero attached hydrogens (tertiary/aromatic N) is 1. The number of carbonyl (C=O) groups excluding carboxylic acids is 1. The van der Waals surface area contributed by atoms with Crippen LogP contribution in [0, 0.1) is 5.41 Å². The Morgan fingerprint density at radius 2 is 2.10 bits per heavy atom. The number of benzene rings is 1. The van der Waals surface area contributed by atoms with E-state index in [0.717, 1.165) is 16.2 Å². The number of carboxylic acids is 1. The molecule has 0 radical (unpaired) electrons. The Morgan fingerprint density at radius 1 is 1.43 bits per heavy atom. The molecule has 0 unspecified atom stereocenters. The number of amides is 1. The Hall–Kier alpha value is -1.69. The topological polar surface area (TPSA) is 66.8 Å². The van der Waals surface area contributed by atoms with E-state index in [4.69, 9.17) is 9.84 Å². The fourth-order valence-corrected chi connectivity index (χ4v) is 2.88. The van der Waals surface area contributed by atoms with E-state index in [0.29, 0.717) is 19.4 Å². The number of hydrogen-bond acceptors (Lipinski definition) is 4. The van der Waals surface area contributed by atoms with E-state index in [1.54, 1.807) is 25.9 Å². The normalized spacial score (nSPS) is 15.4. The molecule has 1 aromatic carbocycles. The van der Waals surface area contributed by atoms with E-state index in [9.17, 15) is 9.59 Å². The van der Waals surface area contributed by atoms with Crippen LogP contribution in [0.1, 0.15) is 18.4 Å². The number of rotatable bonds is 6. The summed E-state index contributed by atoms with van der Waals surface area (Å²) in [4.78, 5) is 26.0. The predicted molar refractivity (Wildman–Crippen MR) is 80.6 cm³/mol. The van der Waals surface area contributed by atoms with Gasteiger partial charge in [0.1, 0.15) is 11.2 Å². The van der Waals surface area contributed by atoms with Gasteiger partial charge in [0, 0.05) is 18.5 Å². The second kappa shape index (κ2) is 5.97. The second-order valence-electron chi connectivity index (χ2n) is 5.24. The third kappa shape index (κ3) is 3.00. The standard InChI is InChI=1S/C15H19NO4S/c1-16(13(17)15(6-7-15)14(18)19)9-10-4-5-12(21-3)11(8-10)20-2/h4-5,8H,6-7,9H2,1-3H3,(H,18,19). The molecule has 1 saturated carbocycles. The van der Waals surface area contributed by atoms with E-state index in [-0.39, 0.29) is 5.91 Å². The van der Waals surface area contributed by atoms with Gasteiger partial charge in [-0.15, -0.1) is 11.8 Å². The Kier molecular flexibility index (Phi) is 4.46. The Balaban J connectivity index is 2.11. The number of ether oxygens (including phenoxy) is 1. The lowest BCUT2D eigenvalue weighted by Crippen LogP contribution is -2.38. The van der Waals surface area contributed by atoms with Crippen LogP contribution in [-0.2, 0) is 16.1 Å². The van der Waals surface area contributed by atoms with Crippen LogP contribution in [0.2, 0.25) is 0 Å². The third-order valence-electron chi connectivity index (χ3n) is 3.78. The molecule has 6 heteroatoms. The van der Waals surface area contributed by atoms with Crippen LogP contribution in [0.15, 0.2) is 23.1 Å². The molecule has 0 atom stereocenters. The zero-order valence-corrected chi connectivity index (χ0v) is 13.2. The summed E-state index contributed by atoms with van der Waals surface area (Å²) in [6.45, 7) is 0.374. The third-order valence-corrected chi connectivity index (χ3v) is 4.56. The van der Waals surface area contributed by atoms with Gasteiger partial charge in [-0.1, -0.05) is 6.07 Å². The van der Waals surface area contributed by atoms with Crippen molar-refractivity contribution in [1.29, 1.82) is 0 Å². The van der Waals surface area contributed by atoms with Crippen molar-refractivity contribution >= 4 is 23.6 Å². The number of hydrogen-bond donors (Lipinski definition) is 1. The summed E-state index contributed by atoms with van der Waals surface area (Å²) < 4.78 is 5.32. The highest BCUT2D eigenvalue weighted by Gasteiger charge is 2.58. The largest absolute Gasteiger partial charge is 0.496 e. The Morgan fingerprint density at radius 3 is 2.57 bits per heavy atom. The molecule has 1 N–H and O–H groups in total. The number of carboxylic acid groups (broad SMARTS) is 1. The van der Waals surface area contributed by atoms with E-state index < -0.39 is 11.4 Å². The fourth-order valence-electron chi connectivity index (χ4n) is 2.33. The number of aliphatic carboxylic acids is 1. The van der Waals surface area contributed by atoms with Crippen molar-refractivity contribution < 1.29 is 19.4 Å². The highest BCUT2D eigenvalue weighted by Crippen LogP contribution is 2.47. The van der Waals surface area contributed by atoms with Gasteiger partial charge in [-0.2, -0.15) is 0 Å². The van der Waals surface area contributed by atoms with Gasteiger partial charge < -0.3 is 14.7 Å². The van der Waals surface area contributed by atoms with Crippen LogP contribution >= 0.6 is 11.8 Å². The molecule has 0 bridgehead atoms. The van der Waals surface area contributed by atoms with Gasteiger partial charge >= 0.3 is 5.97 Å². The molecular weight excluding hydrogens is 290 g/mol. The van der Waals surface area contributed by atoms with Crippen molar-refractivity contribution in [1.82, 2.24) is 4.90 Å². The maximum absolute atomic E-state index is 12.3. The molecule has 1 aromatic rings. The maximum Gasteiger partial charge on any atom is 0.319 e. The van der Waals surface area contributed by atoms with Crippen molar-refractivity contribution in [2.24, 2.45) is 5.41 Å². The van der Waals surface area contributed by atoms with Crippen LogP contribution in [0.3, 0.4) is 0 Å². The van der Waals surface area contributed by atoms with Crippen LogP contribution < -0.4 is 4.74 Å². The minimum absolute atomic E-state index is 0.317. The molecule has 0 saturated heterocycles. The molecule has 0 aromatic heterocycles. The van der Waals surface area contributed by atoms with Crippen molar-refractivity contribution in [3.63, 3.8) is 0 Å². The monoisotopic (exact) mass is 309 g/mol. The van der Waals surface area contributed by atoms with E-state index in [1.807, 2.05) is 24.5 Å². The van der Waals surface area contributed by atoms with Crippen molar-refractivity contribution in [2.45, 2.75) is 24.3 Å². The number of thioether (sulfide) groups is 1. The summed E-state index contributed by atoms with van der Waals surface area (Å²) in [6, 6.07) is 5.76. The zero-order chi connectivity index (χ0) is 15.6. The summed E-state index contributed by atoms with van der Waals surface area (Å²) >= 11 is 1.59. The number of methoxy groups -OCH3 is 1. The first kappa shape index (κ1) is 15.7. The highest BCUT2D eigenvalue weighted by atomic mass is 32.2. The molecule has 1 aliphatic rings. The SMILES string of the molecule is COc1cc(CN(C)C(=O)C2(C(=O)O)CC2)ccc1SC. The molecule has 5 nitrogen and oxygen atoms in total. The van der Waals surface area contributed by atoms with Crippen LogP contribution in [0.5, 0.6) is 5.75 Å². The molecule has 0 heterocycles. The quantitative estimate of drug-likeness (QED) is 0.645. The molecule has 1 amide bonds. The second-order valence-corrected chi connectivity index (χ2v) is 6.09. The van der Waals surface area contributed by atoms with Crippen molar-refractivity contribution in [3.05, 3.63) is 23.8 Å². The predicted octanol–water partition coefficient (Wildman–Crippen LogP) is 2.24. The first-order valence-corrected chi connectivity index (χ1v) is 7.87. The maximum atomic E-state index is 12.3. The van der Waals surface area contributed by atoms with Gasteiger partial charge in [-0.25, -0.2) is 0 Å². The highest BCUT2D eigenvalue weighted by molar-refractivity contribution is 7.98. The fraction of sp³-hybridized carbons (Fsp3) is 0.467. The number of carbonyl (C=O) groups is 2. The molecule has 21 heavy (non-hydrogen) atoms. The summed E-state index contributed by atoms with van der Waals surface area (Å²) in [5.41, 5.74) is -0.264. The lowest BCUT2D eigenvalue weighted by molar-refractivity contribution is -0.153. The van der Waals surface area contributed by atoms with E-state index in [2.05, 4.69) is 0 Å². The van der Waals surface area contributed by atoms with Gasteiger partial charge in [-0.05, 0) is 36.8 Å². The molecule has 114 valence electrons. The molecule has 2 rings (SSSR count). The zero-order valence-electron chi connectivity index (χ0n) is 12.4. The first-order valence-electron chi connectivity index (χ1n) is 6.64. The van der Waals surface area contributed by atoms with Gasteiger partial charge in [0.05, 0.1) is 7.11 Å². The lowest BCUT2D eigenvalue weighted by Gasteiger charge is -2.21. The average Bonchev–Trinajstić information content (AvgIpc) is 3.27. The summed E-state index contributed by atoms with van der Waals surface area (Å²) in [6.07, 6.45) is 2.83. The minimum Gasteiger partial charge on any atom is -0.496 e. The molecule has 1 fully saturated rings. The Labute approximate surface area is 128 Å². The molecular formula is C15H19NO4S. The summed E-state index contributed by atoms with van der Waals surface area (Å²) in [7, 11) is 3.25. The van der Waals surface area contributed by atoms with Gasteiger partial charge in [-0.3, -0.25) is 9.59 Å². The lowest BCUT2D eigenvalue weighted by atomic mass is 10.1. The van der Waals surface area contributed by atoms with Crippen molar-refractivity contribution in [3.8, 4) is 5.75 Å². The Bertz CT molecular complexity index is 569. The molecule has 0 aliphatic heterocycles. The van der Waals surface area contributed by atoms with Gasteiger partial charge in [0.15, 0.2) is 0 Å². The summed E-state index contributed by atoms with van der Waals surface area (Å²) in [5, 5.41) is 9.17. The van der Waals surface area contributed by atoms with Crippen LogP contribution in [0.4, 0.5) is 0 Å². The smallest absolute Gasteiger partial charge is 0.319 e. The van der Waals surface area contributed by atoms with Crippen LogP contribution in [0.25, 0.3) is 0 Å². The average molecular weight is 309 g/mol. The molecule has 0 spiro atoms. The van der Waals surface area contributed by atoms with E-state index >= 15 is 0 Å². The van der Waals surface area contributed by atoms with Crippen LogP contribution in [-0.4, -0.2) is 42.3 Å². The minimum atomic E-state index is -1.18. The first-order chi connectivity index (χ1) is 9.94. The van der Waals surface area contributed by atoms with Crippen molar-refractivity contribution in [2.75, 3.05) is 20.4 Å². The summed E-state index contributed by atoms with van der Waals surface area (Å²) in [5.74, 6) is -0.571. The van der Waals surface area contributed by atoms with E-state index in [1.165, 1.54) is 4.90 Å². The van der Waals surface area contributed by atoms with Gasteiger partial charge in [0.25, 0.3) is 0 Å².